The first-order chi connectivity index (χ1) is 12.7. The van der Waals surface area contributed by atoms with Gasteiger partial charge in [-0.05, 0) is 37.1 Å². The average Bonchev–Trinajstić information content (AvgIpc) is 3.01. The minimum Gasteiger partial charge on any atom is -0.338 e. The molecule has 0 N–H and O–H groups in total. The first kappa shape index (κ1) is 17.1. The van der Waals surface area contributed by atoms with E-state index in [1.807, 2.05) is 18.5 Å². The minimum absolute atomic E-state index is 0.838. The summed E-state index contributed by atoms with van der Waals surface area (Å²) in [5.41, 5.74) is 3.76. The maximum absolute atomic E-state index is 4.56. The van der Waals surface area contributed by atoms with Gasteiger partial charge in [0, 0.05) is 45.1 Å². The Kier molecular flexibility index (Phi) is 4.95. The molecule has 6 heteroatoms. The Hall–Kier alpha value is -2.31. The zero-order valence-electron chi connectivity index (χ0n) is 15.2. The summed E-state index contributed by atoms with van der Waals surface area (Å²) < 4.78 is 0. The Bertz CT molecular complexity index is 869. The van der Waals surface area contributed by atoms with E-state index < -0.39 is 0 Å². The van der Waals surface area contributed by atoms with Crippen LogP contribution in [0.2, 0.25) is 0 Å². The molecule has 4 rings (SSSR count). The van der Waals surface area contributed by atoms with Crippen LogP contribution in [0.5, 0.6) is 0 Å². The van der Waals surface area contributed by atoms with Crippen LogP contribution >= 0.6 is 11.3 Å². The lowest BCUT2D eigenvalue weighted by Gasteiger charge is -2.34. The molecule has 0 amide bonds. The van der Waals surface area contributed by atoms with Crippen LogP contribution in [-0.2, 0) is 6.54 Å². The molecule has 134 valence electrons. The third-order valence-corrected chi connectivity index (χ3v) is 5.83. The van der Waals surface area contributed by atoms with Crippen molar-refractivity contribution in [2.75, 3.05) is 31.1 Å². The highest BCUT2D eigenvalue weighted by Crippen LogP contribution is 2.30. The molecule has 0 radical (unpaired) electrons. The number of hydrogen-bond acceptors (Lipinski definition) is 6. The van der Waals surface area contributed by atoms with E-state index in [2.05, 4.69) is 62.9 Å². The molecule has 1 aromatic carbocycles. The van der Waals surface area contributed by atoms with E-state index in [1.54, 1.807) is 11.3 Å². The number of hydrogen-bond donors (Lipinski definition) is 0. The highest BCUT2D eigenvalue weighted by Gasteiger charge is 2.19. The van der Waals surface area contributed by atoms with Crippen LogP contribution < -0.4 is 4.90 Å². The van der Waals surface area contributed by atoms with Gasteiger partial charge in [-0.2, -0.15) is 0 Å². The maximum atomic E-state index is 4.56. The summed E-state index contributed by atoms with van der Waals surface area (Å²) in [6.45, 7) is 9.14. The number of benzene rings is 1. The van der Waals surface area contributed by atoms with Crippen molar-refractivity contribution < 1.29 is 0 Å². The fourth-order valence-corrected chi connectivity index (χ4v) is 4.34. The zero-order valence-corrected chi connectivity index (χ0v) is 16.0. The van der Waals surface area contributed by atoms with Crippen molar-refractivity contribution in [3.63, 3.8) is 0 Å². The van der Waals surface area contributed by atoms with Crippen molar-refractivity contribution in [2.24, 2.45) is 0 Å². The van der Waals surface area contributed by atoms with Crippen molar-refractivity contribution in [3.8, 4) is 10.4 Å². The molecule has 2 aromatic heterocycles. The van der Waals surface area contributed by atoms with Gasteiger partial charge >= 0.3 is 0 Å². The van der Waals surface area contributed by atoms with Gasteiger partial charge in [-0.3, -0.25) is 4.90 Å². The van der Waals surface area contributed by atoms with Crippen LogP contribution in [0.25, 0.3) is 10.4 Å². The third-order valence-electron chi connectivity index (χ3n) is 4.71. The summed E-state index contributed by atoms with van der Waals surface area (Å²) in [4.78, 5) is 19.3. The summed E-state index contributed by atoms with van der Waals surface area (Å²) in [5, 5.41) is 1.13. The standard InChI is InChI=1S/C20H23N5S/c1-15-19(26-16(2)23-15)18-6-3-5-17(13-18)14-24-9-11-25(12-10-24)20-21-7-4-8-22-20/h3-8,13H,9-12,14H2,1-2H3. The molecule has 0 atom stereocenters. The SMILES string of the molecule is Cc1nc(C)c(-c2cccc(CN3CCN(c4ncccn4)CC3)c2)s1. The van der Waals surface area contributed by atoms with Crippen molar-refractivity contribution in [2.45, 2.75) is 20.4 Å². The summed E-state index contributed by atoms with van der Waals surface area (Å²) in [6.07, 6.45) is 3.62. The second kappa shape index (κ2) is 7.51. The average molecular weight is 366 g/mol. The van der Waals surface area contributed by atoms with Crippen LogP contribution in [0.3, 0.4) is 0 Å². The molecule has 0 spiro atoms. The van der Waals surface area contributed by atoms with E-state index in [9.17, 15) is 0 Å². The molecular weight excluding hydrogens is 342 g/mol. The van der Waals surface area contributed by atoms with Gasteiger partial charge in [0.05, 0.1) is 15.6 Å². The predicted octanol–water partition coefficient (Wildman–Crippen LogP) is 3.54. The number of anilines is 1. The number of thiazole rings is 1. The van der Waals surface area contributed by atoms with Gasteiger partial charge in [-0.15, -0.1) is 11.3 Å². The number of rotatable bonds is 4. The number of aryl methyl sites for hydroxylation is 2. The van der Waals surface area contributed by atoms with Crippen LogP contribution in [0.15, 0.2) is 42.7 Å². The van der Waals surface area contributed by atoms with Gasteiger partial charge in [0.2, 0.25) is 5.95 Å². The van der Waals surface area contributed by atoms with Gasteiger partial charge in [0.25, 0.3) is 0 Å². The molecule has 1 saturated heterocycles. The molecular formula is C20H23N5S. The van der Waals surface area contributed by atoms with E-state index in [1.165, 1.54) is 16.0 Å². The normalized spacial score (nSPS) is 15.4. The van der Waals surface area contributed by atoms with Crippen molar-refractivity contribution >= 4 is 17.3 Å². The van der Waals surface area contributed by atoms with Gasteiger partial charge in [-0.1, -0.05) is 18.2 Å². The number of nitrogens with zero attached hydrogens (tertiary/aromatic N) is 5. The molecule has 3 heterocycles. The lowest BCUT2D eigenvalue weighted by atomic mass is 10.1. The van der Waals surface area contributed by atoms with Gasteiger partial charge < -0.3 is 4.90 Å². The molecule has 26 heavy (non-hydrogen) atoms. The highest BCUT2D eigenvalue weighted by molar-refractivity contribution is 7.15. The Morgan fingerprint density at radius 2 is 1.77 bits per heavy atom. The van der Waals surface area contributed by atoms with Crippen molar-refractivity contribution in [1.82, 2.24) is 19.9 Å². The Morgan fingerprint density at radius 1 is 1.00 bits per heavy atom. The van der Waals surface area contributed by atoms with E-state index in [-0.39, 0.29) is 0 Å². The van der Waals surface area contributed by atoms with Crippen LogP contribution in [0.1, 0.15) is 16.3 Å². The second-order valence-electron chi connectivity index (χ2n) is 6.66. The summed E-state index contributed by atoms with van der Waals surface area (Å²) in [6, 6.07) is 10.7. The van der Waals surface area contributed by atoms with Crippen molar-refractivity contribution in [3.05, 3.63) is 59.0 Å². The largest absolute Gasteiger partial charge is 0.338 e. The molecule has 1 aliphatic heterocycles. The summed E-state index contributed by atoms with van der Waals surface area (Å²) >= 11 is 1.77. The smallest absolute Gasteiger partial charge is 0.225 e. The predicted molar refractivity (Wildman–Crippen MR) is 107 cm³/mol. The van der Waals surface area contributed by atoms with Crippen LogP contribution in [0.4, 0.5) is 5.95 Å². The Balaban J connectivity index is 1.41. The summed E-state index contributed by atoms with van der Waals surface area (Å²) in [5.74, 6) is 0.838. The van der Waals surface area contributed by atoms with Crippen LogP contribution in [0, 0.1) is 13.8 Å². The van der Waals surface area contributed by atoms with Crippen molar-refractivity contribution in [1.29, 1.82) is 0 Å². The molecule has 5 nitrogen and oxygen atoms in total. The molecule has 3 aromatic rings. The fourth-order valence-electron chi connectivity index (χ4n) is 3.43. The molecule has 0 aliphatic carbocycles. The van der Waals surface area contributed by atoms with Gasteiger partial charge in [0.15, 0.2) is 0 Å². The van der Waals surface area contributed by atoms with E-state index in [0.717, 1.165) is 49.4 Å². The molecule has 1 aliphatic rings. The van der Waals surface area contributed by atoms with Gasteiger partial charge in [0.1, 0.15) is 0 Å². The van der Waals surface area contributed by atoms with E-state index in [0.29, 0.717) is 0 Å². The number of aromatic nitrogens is 3. The Morgan fingerprint density at radius 3 is 2.46 bits per heavy atom. The highest BCUT2D eigenvalue weighted by atomic mass is 32.1. The maximum Gasteiger partial charge on any atom is 0.225 e. The lowest BCUT2D eigenvalue weighted by molar-refractivity contribution is 0.248. The Labute approximate surface area is 158 Å². The minimum atomic E-state index is 0.838. The fraction of sp³-hybridized carbons (Fsp3) is 0.350. The lowest BCUT2D eigenvalue weighted by Crippen LogP contribution is -2.46. The third kappa shape index (κ3) is 3.76. The molecule has 1 fully saturated rings. The molecule has 0 saturated carbocycles. The first-order valence-electron chi connectivity index (χ1n) is 8.97. The molecule has 0 unspecified atom stereocenters. The number of piperazine rings is 1. The quantitative estimate of drug-likeness (QED) is 0.708. The van der Waals surface area contributed by atoms with E-state index >= 15 is 0 Å². The first-order valence-corrected chi connectivity index (χ1v) is 9.78. The van der Waals surface area contributed by atoms with E-state index in [4.69, 9.17) is 0 Å². The zero-order chi connectivity index (χ0) is 17.9. The van der Waals surface area contributed by atoms with Crippen LogP contribution in [-0.4, -0.2) is 46.0 Å². The summed E-state index contributed by atoms with van der Waals surface area (Å²) in [7, 11) is 0. The topological polar surface area (TPSA) is 45.2 Å². The second-order valence-corrected chi connectivity index (χ2v) is 7.86. The van der Waals surface area contributed by atoms with Gasteiger partial charge in [-0.25, -0.2) is 15.0 Å². The monoisotopic (exact) mass is 365 g/mol. The molecule has 0 bridgehead atoms.